The van der Waals surface area contributed by atoms with Crippen LogP contribution in [0, 0.1) is 0 Å². The molecule has 0 N–H and O–H groups in total. The van der Waals surface area contributed by atoms with Crippen LogP contribution in [0.5, 0.6) is 0 Å². The Hall–Kier alpha value is 0.190. The molecule has 0 heterocycles. The SMILES string of the molecule is CN(C)CCCN(CCBr)CC(F)(F)F. The first-order valence-corrected chi connectivity index (χ1v) is 5.97. The Bertz CT molecular complexity index is 162. The number of hydrogen-bond acceptors (Lipinski definition) is 2. The highest BCUT2D eigenvalue weighted by Gasteiger charge is 2.30. The second kappa shape index (κ2) is 7.46. The summed E-state index contributed by atoms with van der Waals surface area (Å²) in [5.41, 5.74) is 0. The van der Waals surface area contributed by atoms with Crippen molar-refractivity contribution >= 4 is 15.9 Å². The smallest absolute Gasteiger partial charge is 0.309 e. The molecule has 0 spiro atoms. The first-order chi connectivity index (χ1) is 6.85. The maximum absolute atomic E-state index is 12.1. The van der Waals surface area contributed by atoms with Gasteiger partial charge in [0.15, 0.2) is 0 Å². The molecule has 0 aliphatic rings. The van der Waals surface area contributed by atoms with Crippen molar-refractivity contribution in [2.24, 2.45) is 0 Å². The molecule has 0 rings (SSSR count). The van der Waals surface area contributed by atoms with Crippen LogP contribution >= 0.6 is 15.9 Å². The molecule has 6 heteroatoms. The fourth-order valence-electron chi connectivity index (χ4n) is 1.25. The van der Waals surface area contributed by atoms with Gasteiger partial charge in [-0.05, 0) is 33.6 Å². The van der Waals surface area contributed by atoms with Crippen LogP contribution in [0.15, 0.2) is 0 Å². The Kier molecular flexibility index (Phi) is 7.56. The van der Waals surface area contributed by atoms with E-state index in [4.69, 9.17) is 0 Å². The lowest BCUT2D eigenvalue weighted by atomic mass is 10.3. The van der Waals surface area contributed by atoms with Crippen molar-refractivity contribution in [3.05, 3.63) is 0 Å². The highest BCUT2D eigenvalue weighted by atomic mass is 79.9. The summed E-state index contributed by atoms with van der Waals surface area (Å²) in [6.45, 7) is 0.929. The molecule has 15 heavy (non-hydrogen) atoms. The summed E-state index contributed by atoms with van der Waals surface area (Å²) in [7, 11) is 3.83. The Morgan fingerprint density at radius 3 is 2.07 bits per heavy atom. The summed E-state index contributed by atoms with van der Waals surface area (Å²) >= 11 is 3.16. The molecule has 92 valence electrons. The van der Waals surface area contributed by atoms with Crippen LogP contribution in [-0.2, 0) is 0 Å². The van der Waals surface area contributed by atoms with Crippen LogP contribution in [0.25, 0.3) is 0 Å². The predicted octanol–water partition coefficient (Wildman–Crippen LogP) is 2.20. The molecule has 0 aromatic rings. The van der Waals surface area contributed by atoms with Gasteiger partial charge in [0.25, 0.3) is 0 Å². The second-order valence-corrected chi connectivity index (χ2v) is 4.53. The summed E-state index contributed by atoms with van der Waals surface area (Å²) in [5, 5.41) is 0.574. The first kappa shape index (κ1) is 15.2. The highest BCUT2D eigenvalue weighted by Crippen LogP contribution is 2.16. The largest absolute Gasteiger partial charge is 0.401 e. The molecule has 0 saturated heterocycles. The van der Waals surface area contributed by atoms with Gasteiger partial charge in [0.2, 0.25) is 0 Å². The standard InChI is InChI=1S/C9H18BrF3N2/c1-14(2)5-3-6-15(7-4-10)8-9(11,12)13/h3-8H2,1-2H3. The Morgan fingerprint density at radius 1 is 1.07 bits per heavy atom. The maximum atomic E-state index is 12.1. The van der Waals surface area contributed by atoms with Gasteiger partial charge in [-0.25, -0.2) is 0 Å². The van der Waals surface area contributed by atoms with Crippen LogP contribution in [-0.4, -0.2) is 61.6 Å². The van der Waals surface area contributed by atoms with E-state index in [2.05, 4.69) is 15.9 Å². The first-order valence-electron chi connectivity index (χ1n) is 4.85. The predicted molar refractivity (Wildman–Crippen MR) is 59.5 cm³/mol. The quantitative estimate of drug-likeness (QED) is 0.664. The molecule has 0 radical (unpaired) electrons. The van der Waals surface area contributed by atoms with Crippen molar-refractivity contribution in [2.45, 2.75) is 12.6 Å². The second-order valence-electron chi connectivity index (χ2n) is 3.74. The van der Waals surface area contributed by atoms with E-state index in [1.54, 1.807) is 0 Å². The van der Waals surface area contributed by atoms with E-state index >= 15 is 0 Å². The molecule has 0 amide bonds. The van der Waals surface area contributed by atoms with E-state index in [1.807, 2.05) is 19.0 Å². The fraction of sp³-hybridized carbons (Fsp3) is 1.00. The lowest BCUT2D eigenvalue weighted by Gasteiger charge is -2.23. The zero-order valence-electron chi connectivity index (χ0n) is 9.15. The molecule has 0 saturated carbocycles. The molecular formula is C9H18BrF3N2. The van der Waals surface area contributed by atoms with Crippen molar-refractivity contribution < 1.29 is 13.2 Å². The zero-order valence-corrected chi connectivity index (χ0v) is 10.7. The van der Waals surface area contributed by atoms with Crippen molar-refractivity contribution in [3.8, 4) is 0 Å². The van der Waals surface area contributed by atoms with Gasteiger partial charge in [0.05, 0.1) is 6.54 Å². The molecule has 0 unspecified atom stereocenters. The molecule has 0 aliphatic heterocycles. The Labute approximate surface area is 97.5 Å². The summed E-state index contributed by atoms with van der Waals surface area (Å²) in [6, 6.07) is 0. The third-order valence-electron chi connectivity index (χ3n) is 1.88. The van der Waals surface area contributed by atoms with E-state index in [0.717, 1.165) is 13.0 Å². The van der Waals surface area contributed by atoms with Crippen molar-refractivity contribution in [2.75, 3.05) is 45.6 Å². The minimum Gasteiger partial charge on any atom is -0.309 e. The highest BCUT2D eigenvalue weighted by molar-refractivity contribution is 9.09. The number of rotatable bonds is 7. The summed E-state index contributed by atoms with van der Waals surface area (Å²) < 4.78 is 36.4. The molecule has 0 aromatic heterocycles. The van der Waals surface area contributed by atoms with Gasteiger partial charge < -0.3 is 4.90 Å². The Morgan fingerprint density at radius 2 is 1.67 bits per heavy atom. The third-order valence-corrected chi connectivity index (χ3v) is 2.24. The van der Waals surface area contributed by atoms with Crippen LogP contribution < -0.4 is 0 Å². The fourth-order valence-corrected chi connectivity index (χ4v) is 1.76. The normalized spacial score (nSPS) is 12.8. The lowest BCUT2D eigenvalue weighted by Crippen LogP contribution is -2.37. The minimum absolute atomic E-state index is 0.437. The van der Waals surface area contributed by atoms with E-state index in [1.165, 1.54) is 4.90 Å². The number of halogens is 4. The van der Waals surface area contributed by atoms with E-state index < -0.39 is 12.7 Å². The van der Waals surface area contributed by atoms with Gasteiger partial charge in [-0.15, -0.1) is 0 Å². The number of nitrogens with zero attached hydrogens (tertiary/aromatic N) is 2. The maximum Gasteiger partial charge on any atom is 0.401 e. The van der Waals surface area contributed by atoms with Crippen LogP contribution in [0.4, 0.5) is 13.2 Å². The summed E-state index contributed by atoms with van der Waals surface area (Å²) in [4.78, 5) is 3.40. The molecule has 0 fully saturated rings. The van der Waals surface area contributed by atoms with Gasteiger partial charge in [0, 0.05) is 11.9 Å². The van der Waals surface area contributed by atoms with Crippen LogP contribution in [0.2, 0.25) is 0 Å². The molecule has 0 bridgehead atoms. The van der Waals surface area contributed by atoms with Crippen molar-refractivity contribution in [1.82, 2.24) is 9.80 Å². The summed E-state index contributed by atoms with van der Waals surface area (Å²) in [6.07, 6.45) is -3.34. The Balaban J connectivity index is 3.83. The topological polar surface area (TPSA) is 6.48 Å². The number of alkyl halides is 4. The van der Waals surface area contributed by atoms with Gasteiger partial charge in [-0.2, -0.15) is 13.2 Å². The molecule has 0 atom stereocenters. The minimum atomic E-state index is -4.10. The van der Waals surface area contributed by atoms with Crippen LogP contribution in [0.1, 0.15) is 6.42 Å². The van der Waals surface area contributed by atoms with E-state index in [0.29, 0.717) is 18.4 Å². The van der Waals surface area contributed by atoms with Crippen molar-refractivity contribution in [3.63, 3.8) is 0 Å². The van der Waals surface area contributed by atoms with Crippen molar-refractivity contribution in [1.29, 1.82) is 0 Å². The average molecular weight is 291 g/mol. The summed E-state index contributed by atoms with van der Waals surface area (Å²) in [5.74, 6) is 0. The van der Waals surface area contributed by atoms with E-state index in [-0.39, 0.29) is 0 Å². The third kappa shape index (κ3) is 10.5. The van der Waals surface area contributed by atoms with Gasteiger partial charge >= 0.3 is 6.18 Å². The van der Waals surface area contributed by atoms with Gasteiger partial charge in [-0.3, -0.25) is 4.90 Å². The average Bonchev–Trinajstić information content (AvgIpc) is 2.00. The van der Waals surface area contributed by atoms with Crippen LogP contribution in [0.3, 0.4) is 0 Å². The van der Waals surface area contributed by atoms with Gasteiger partial charge in [0.1, 0.15) is 0 Å². The monoisotopic (exact) mass is 290 g/mol. The zero-order chi connectivity index (χ0) is 11.9. The number of hydrogen-bond donors (Lipinski definition) is 0. The molecule has 0 aliphatic carbocycles. The molecule has 0 aromatic carbocycles. The molecular weight excluding hydrogens is 273 g/mol. The van der Waals surface area contributed by atoms with E-state index in [9.17, 15) is 13.2 Å². The lowest BCUT2D eigenvalue weighted by molar-refractivity contribution is -0.145. The van der Waals surface area contributed by atoms with Gasteiger partial charge in [-0.1, -0.05) is 15.9 Å². The molecule has 2 nitrogen and oxygen atoms in total.